The van der Waals surface area contributed by atoms with Crippen LogP contribution in [0.25, 0.3) is 0 Å². The maximum atomic E-state index is 13.7. The van der Waals surface area contributed by atoms with Crippen LogP contribution in [0.4, 0.5) is 8.78 Å². The molecule has 3 aromatic rings. The Morgan fingerprint density at radius 2 is 1.35 bits per heavy atom. The summed E-state index contributed by atoms with van der Waals surface area (Å²) in [4.78, 5) is 7.56. The van der Waals surface area contributed by atoms with Gasteiger partial charge in [-0.3, -0.25) is 9.89 Å². The third kappa shape index (κ3) is 4.17. The van der Waals surface area contributed by atoms with Crippen LogP contribution in [0, 0.1) is 17.6 Å². The summed E-state index contributed by atoms with van der Waals surface area (Å²) >= 11 is 0. The lowest BCUT2D eigenvalue weighted by molar-refractivity contribution is 0.135. The van der Waals surface area contributed by atoms with Crippen molar-refractivity contribution >= 4 is 5.71 Å². The lowest BCUT2D eigenvalue weighted by Gasteiger charge is -2.49. The monoisotopic (exact) mass is 416 g/mol. The minimum atomic E-state index is -0.549. The van der Waals surface area contributed by atoms with Crippen LogP contribution in [0.3, 0.4) is 0 Å². The molecule has 31 heavy (non-hydrogen) atoms. The van der Waals surface area contributed by atoms with Gasteiger partial charge in [-0.1, -0.05) is 60.7 Å². The second-order valence-corrected chi connectivity index (χ2v) is 8.57. The maximum Gasteiger partial charge on any atom is 0.126 e. The first-order chi connectivity index (χ1) is 15.2. The molecular formula is C27H26F2N2. The maximum absolute atomic E-state index is 13.7. The number of hydrogen-bond donors (Lipinski definition) is 0. The summed E-state index contributed by atoms with van der Waals surface area (Å²) in [6.07, 6.45) is 2.20. The van der Waals surface area contributed by atoms with E-state index in [4.69, 9.17) is 4.99 Å². The molecule has 2 nitrogen and oxygen atoms in total. The summed E-state index contributed by atoms with van der Waals surface area (Å²) in [5, 5.41) is 0. The van der Waals surface area contributed by atoms with E-state index in [2.05, 4.69) is 53.4 Å². The fourth-order valence-electron chi connectivity index (χ4n) is 5.27. The standard InChI is InChI=1S/C27H26F2N2/c28-23-15-19(16-24(29)17-23)18-30-26-22-11-13-31(14-12-22)27(26)25(20-7-3-1-4-8-20)21-9-5-2-6-10-21/h1-10,15-17,22,25,27H,11-14,18H2/b30-26+. The molecule has 3 aliphatic rings. The van der Waals surface area contributed by atoms with Gasteiger partial charge in [-0.2, -0.15) is 0 Å². The Kier molecular flexibility index (Phi) is 5.65. The highest BCUT2D eigenvalue weighted by molar-refractivity contribution is 5.94. The Bertz CT molecular complexity index is 997. The lowest BCUT2D eigenvalue weighted by Crippen LogP contribution is -2.58. The van der Waals surface area contributed by atoms with Crippen molar-refractivity contribution in [2.24, 2.45) is 10.9 Å². The Balaban J connectivity index is 1.56. The molecule has 6 rings (SSSR count). The van der Waals surface area contributed by atoms with Gasteiger partial charge in [-0.25, -0.2) is 8.78 Å². The van der Waals surface area contributed by atoms with Crippen LogP contribution >= 0.6 is 0 Å². The zero-order valence-corrected chi connectivity index (χ0v) is 17.4. The molecule has 0 spiro atoms. The Hall–Kier alpha value is -2.85. The van der Waals surface area contributed by atoms with Crippen molar-refractivity contribution in [3.8, 4) is 0 Å². The highest BCUT2D eigenvalue weighted by Crippen LogP contribution is 2.40. The summed E-state index contributed by atoms with van der Waals surface area (Å²) in [7, 11) is 0. The van der Waals surface area contributed by atoms with Crippen LogP contribution in [0.15, 0.2) is 83.9 Å². The summed E-state index contributed by atoms with van der Waals surface area (Å²) in [5.74, 6) is -0.490. The van der Waals surface area contributed by atoms with Crippen molar-refractivity contribution in [2.75, 3.05) is 13.1 Å². The number of hydrogen-bond acceptors (Lipinski definition) is 2. The van der Waals surface area contributed by atoms with Gasteiger partial charge in [0, 0.05) is 23.6 Å². The van der Waals surface area contributed by atoms with Crippen LogP contribution in [-0.2, 0) is 6.54 Å². The van der Waals surface area contributed by atoms with Crippen LogP contribution in [0.2, 0.25) is 0 Å². The minimum absolute atomic E-state index is 0.163. The van der Waals surface area contributed by atoms with Gasteiger partial charge < -0.3 is 0 Å². The van der Waals surface area contributed by atoms with Crippen molar-refractivity contribution in [1.82, 2.24) is 4.90 Å². The van der Waals surface area contributed by atoms with E-state index >= 15 is 0 Å². The van der Waals surface area contributed by atoms with Crippen molar-refractivity contribution in [3.63, 3.8) is 0 Å². The van der Waals surface area contributed by atoms with E-state index in [1.54, 1.807) is 0 Å². The molecule has 0 aliphatic carbocycles. The molecular weight excluding hydrogens is 390 g/mol. The summed E-state index contributed by atoms with van der Waals surface area (Å²) in [5.41, 5.74) is 4.31. The predicted octanol–water partition coefficient (Wildman–Crippen LogP) is 5.83. The average molecular weight is 417 g/mol. The molecule has 3 aromatic carbocycles. The summed E-state index contributed by atoms with van der Waals surface area (Å²) in [6.45, 7) is 2.44. The first-order valence-corrected chi connectivity index (χ1v) is 11.0. The molecule has 3 heterocycles. The average Bonchev–Trinajstić information content (AvgIpc) is 2.80. The number of benzene rings is 3. The number of fused-ring (bicyclic) bond motifs is 3. The second-order valence-electron chi connectivity index (χ2n) is 8.57. The highest BCUT2D eigenvalue weighted by Gasteiger charge is 2.43. The minimum Gasteiger partial charge on any atom is -0.294 e. The van der Waals surface area contributed by atoms with Crippen molar-refractivity contribution < 1.29 is 8.78 Å². The molecule has 0 N–H and O–H groups in total. The lowest BCUT2D eigenvalue weighted by atomic mass is 9.72. The number of halogens is 2. The second kappa shape index (κ2) is 8.72. The molecule has 1 atom stereocenters. The van der Waals surface area contributed by atoms with E-state index in [1.807, 2.05) is 12.1 Å². The molecule has 1 unspecified atom stereocenters. The zero-order valence-electron chi connectivity index (χ0n) is 17.4. The molecule has 3 saturated heterocycles. The smallest absolute Gasteiger partial charge is 0.126 e. The van der Waals surface area contributed by atoms with Crippen molar-refractivity contribution in [1.29, 1.82) is 0 Å². The topological polar surface area (TPSA) is 15.6 Å². The quantitative estimate of drug-likeness (QED) is 0.511. The van der Waals surface area contributed by atoms with Crippen LogP contribution in [0.5, 0.6) is 0 Å². The SMILES string of the molecule is Fc1cc(F)cc(C/N=C2\C3CCN(CC3)C2C(c2ccccc2)c2ccccc2)c1. The number of nitrogens with zero attached hydrogens (tertiary/aromatic N) is 2. The van der Waals surface area contributed by atoms with Crippen LogP contribution < -0.4 is 0 Å². The molecule has 158 valence electrons. The first-order valence-electron chi connectivity index (χ1n) is 11.0. The highest BCUT2D eigenvalue weighted by atomic mass is 19.1. The molecule has 0 aromatic heterocycles. The van der Waals surface area contributed by atoms with Gasteiger partial charge in [-0.15, -0.1) is 0 Å². The fourth-order valence-corrected chi connectivity index (χ4v) is 5.27. The molecule has 0 saturated carbocycles. The Morgan fingerprint density at radius 3 is 1.90 bits per heavy atom. The fraction of sp³-hybridized carbons (Fsp3) is 0.296. The zero-order chi connectivity index (χ0) is 21.2. The molecule has 3 fully saturated rings. The van der Waals surface area contributed by atoms with Crippen molar-refractivity contribution in [2.45, 2.75) is 31.3 Å². The summed E-state index contributed by atoms with van der Waals surface area (Å²) in [6, 6.07) is 25.1. The van der Waals surface area contributed by atoms with Crippen molar-refractivity contribution in [3.05, 3.63) is 107 Å². The van der Waals surface area contributed by atoms with Gasteiger partial charge in [0.2, 0.25) is 0 Å². The Labute approximate surface area is 182 Å². The van der Waals surface area contributed by atoms with Gasteiger partial charge >= 0.3 is 0 Å². The van der Waals surface area contributed by atoms with Crippen LogP contribution in [0.1, 0.15) is 35.4 Å². The third-order valence-electron chi connectivity index (χ3n) is 6.64. The number of aliphatic imine (C=N–C) groups is 1. The number of piperidine rings is 3. The van der Waals surface area contributed by atoms with E-state index < -0.39 is 11.6 Å². The predicted molar refractivity (Wildman–Crippen MR) is 120 cm³/mol. The van der Waals surface area contributed by atoms with E-state index in [1.165, 1.54) is 29.0 Å². The van der Waals surface area contributed by atoms with Gasteiger partial charge in [-0.05, 0) is 54.8 Å². The molecule has 0 radical (unpaired) electrons. The normalized spacial score (nSPS) is 24.1. The van der Waals surface area contributed by atoms with Crippen LogP contribution in [-0.4, -0.2) is 29.7 Å². The van der Waals surface area contributed by atoms with Gasteiger partial charge in [0.05, 0.1) is 12.6 Å². The molecule has 3 aliphatic heterocycles. The van der Waals surface area contributed by atoms with E-state index in [9.17, 15) is 8.78 Å². The van der Waals surface area contributed by atoms with Gasteiger partial charge in [0.25, 0.3) is 0 Å². The van der Waals surface area contributed by atoms with Gasteiger partial charge in [0.1, 0.15) is 11.6 Å². The van der Waals surface area contributed by atoms with E-state index in [0.717, 1.165) is 32.0 Å². The molecule has 4 heteroatoms. The molecule has 2 bridgehead atoms. The Morgan fingerprint density at radius 1 is 0.806 bits per heavy atom. The number of rotatable bonds is 5. The third-order valence-corrected chi connectivity index (χ3v) is 6.64. The van der Waals surface area contributed by atoms with Gasteiger partial charge in [0.15, 0.2) is 0 Å². The van der Waals surface area contributed by atoms with E-state index in [-0.39, 0.29) is 12.0 Å². The first kappa shape index (κ1) is 20.1. The largest absolute Gasteiger partial charge is 0.294 e. The molecule has 0 amide bonds. The van der Waals surface area contributed by atoms with E-state index in [0.29, 0.717) is 18.0 Å². The summed E-state index contributed by atoms with van der Waals surface area (Å²) < 4.78 is 27.4.